The molecule has 0 bridgehead atoms. The van der Waals surface area contributed by atoms with Crippen LogP contribution >= 0.6 is 0 Å². The Kier molecular flexibility index (Phi) is 4.19. The molecule has 0 spiro atoms. The first-order valence-electron chi connectivity index (χ1n) is 5.58. The van der Waals surface area contributed by atoms with Crippen LogP contribution in [0.3, 0.4) is 0 Å². The van der Waals surface area contributed by atoms with Crippen molar-refractivity contribution < 1.29 is 13.9 Å². The van der Waals surface area contributed by atoms with Crippen molar-refractivity contribution in [3.8, 4) is 0 Å². The number of anilines is 3. The second-order valence-corrected chi connectivity index (χ2v) is 3.69. The Hall–Kier alpha value is -2.28. The second-order valence-electron chi connectivity index (χ2n) is 3.69. The van der Waals surface area contributed by atoms with Gasteiger partial charge in [0.25, 0.3) is 0 Å². The summed E-state index contributed by atoms with van der Waals surface area (Å²) in [5.41, 5.74) is 0.380. The van der Waals surface area contributed by atoms with Gasteiger partial charge in [-0.1, -0.05) is 0 Å². The van der Waals surface area contributed by atoms with Gasteiger partial charge in [-0.25, -0.2) is 18.7 Å². The molecule has 19 heavy (non-hydrogen) atoms. The number of aliphatic hydroxyl groups is 1. The topological polar surface area (TPSA) is 70.1 Å². The highest BCUT2D eigenvalue weighted by Gasteiger charge is 2.04. The van der Waals surface area contributed by atoms with E-state index < -0.39 is 11.6 Å². The normalized spacial score (nSPS) is 10.3. The summed E-state index contributed by atoms with van der Waals surface area (Å²) in [5, 5.41) is 14.4. The number of nitrogens with one attached hydrogen (secondary N) is 2. The fourth-order valence-electron chi connectivity index (χ4n) is 1.43. The van der Waals surface area contributed by atoms with Crippen LogP contribution in [0.5, 0.6) is 0 Å². The minimum Gasteiger partial charge on any atom is -0.395 e. The average Bonchev–Trinajstić information content (AvgIpc) is 2.41. The number of aromatic nitrogens is 2. The molecular weight excluding hydrogens is 254 g/mol. The molecule has 2 aromatic rings. The minimum absolute atomic E-state index is 0.0179. The molecular formula is C12H12F2N4O. The van der Waals surface area contributed by atoms with Crippen molar-refractivity contribution in [2.24, 2.45) is 0 Å². The molecule has 0 aliphatic carbocycles. The Morgan fingerprint density at radius 3 is 2.58 bits per heavy atom. The van der Waals surface area contributed by atoms with Crippen LogP contribution in [0.25, 0.3) is 0 Å². The first-order valence-corrected chi connectivity index (χ1v) is 5.58. The smallest absolute Gasteiger partial charge is 0.160 e. The molecule has 5 nitrogen and oxygen atoms in total. The molecule has 0 aliphatic heterocycles. The maximum atomic E-state index is 13.0. The van der Waals surface area contributed by atoms with Crippen LogP contribution in [0.1, 0.15) is 0 Å². The lowest BCUT2D eigenvalue weighted by Crippen LogP contribution is -2.07. The van der Waals surface area contributed by atoms with Gasteiger partial charge in [0.1, 0.15) is 18.0 Å². The number of hydrogen-bond donors (Lipinski definition) is 3. The van der Waals surface area contributed by atoms with Crippen LogP contribution in [0.15, 0.2) is 30.6 Å². The molecule has 0 amide bonds. The van der Waals surface area contributed by atoms with Gasteiger partial charge in [0.15, 0.2) is 11.6 Å². The molecule has 7 heteroatoms. The van der Waals surface area contributed by atoms with Crippen molar-refractivity contribution in [1.82, 2.24) is 9.97 Å². The van der Waals surface area contributed by atoms with Crippen molar-refractivity contribution in [3.63, 3.8) is 0 Å². The van der Waals surface area contributed by atoms with E-state index in [-0.39, 0.29) is 6.61 Å². The molecule has 2 rings (SSSR count). The summed E-state index contributed by atoms with van der Waals surface area (Å²) in [4.78, 5) is 7.90. The quantitative estimate of drug-likeness (QED) is 0.771. The molecule has 0 saturated carbocycles. The third kappa shape index (κ3) is 3.59. The molecule has 0 unspecified atom stereocenters. The van der Waals surface area contributed by atoms with Crippen LogP contribution in [0, 0.1) is 11.6 Å². The van der Waals surface area contributed by atoms with Gasteiger partial charge in [0.05, 0.1) is 6.61 Å². The number of benzene rings is 1. The van der Waals surface area contributed by atoms with E-state index in [4.69, 9.17) is 5.11 Å². The highest BCUT2D eigenvalue weighted by atomic mass is 19.2. The van der Waals surface area contributed by atoms with Gasteiger partial charge in [-0.15, -0.1) is 0 Å². The Morgan fingerprint density at radius 2 is 1.84 bits per heavy atom. The molecule has 0 saturated heterocycles. The Morgan fingerprint density at radius 1 is 1.05 bits per heavy atom. The first-order chi connectivity index (χ1) is 9.19. The Bertz CT molecular complexity index is 565. The molecule has 1 heterocycles. The Balaban J connectivity index is 2.11. The van der Waals surface area contributed by atoms with Crippen LogP contribution in [-0.2, 0) is 0 Å². The van der Waals surface area contributed by atoms with Gasteiger partial charge in [-0.3, -0.25) is 0 Å². The zero-order valence-electron chi connectivity index (χ0n) is 9.90. The molecule has 1 aromatic carbocycles. The van der Waals surface area contributed by atoms with Crippen molar-refractivity contribution in [1.29, 1.82) is 0 Å². The van der Waals surface area contributed by atoms with Crippen LogP contribution < -0.4 is 10.6 Å². The van der Waals surface area contributed by atoms with Gasteiger partial charge in [-0.05, 0) is 12.1 Å². The lowest BCUT2D eigenvalue weighted by Gasteiger charge is -2.08. The second kappa shape index (κ2) is 6.05. The maximum Gasteiger partial charge on any atom is 0.160 e. The van der Waals surface area contributed by atoms with Crippen LogP contribution in [-0.4, -0.2) is 28.2 Å². The van der Waals surface area contributed by atoms with Gasteiger partial charge in [-0.2, -0.15) is 0 Å². The highest BCUT2D eigenvalue weighted by Crippen LogP contribution is 2.18. The average molecular weight is 266 g/mol. The largest absolute Gasteiger partial charge is 0.395 e. The van der Waals surface area contributed by atoms with Crippen molar-refractivity contribution >= 4 is 17.3 Å². The van der Waals surface area contributed by atoms with E-state index in [1.54, 1.807) is 6.07 Å². The third-order valence-electron chi connectivity index (χ3n) is 2.28. The molecule has 100 valence electrons. The zero-order valence-corrected chi connectivity index (χ0v) is 9.90. The van der Waals surface area contributed by atoms with E-state index in [2.05, 4.69) is 20.6 Å². The molecule has 0 fully saturated rings. The number of nitrogens with zero attached hydrogens (tertiary/aromatic N) is 2. The predicted molar refractivity (Wildman–Crippen MR) is 67.2 cm³/mol. The molecule has 0 aliphatic rings. The van der Waals surface area contributed by atoms with Crippen LogP contribution in [0.2, 0.25) is 0 Å². The summed E-state index contributed by atoms with van der Waals surface area (Å²) < 4.78 is 25.8. The van der Waals surface area contributed by atoms with Gasteiger partial charge in [0.2, 0.25) is 0 Å². The standard InChI is InChI=1S/C12H12F2N4O/c13-9-2-1-8(5-10(9)14)18-12-6-11(15-3-4-19)16-7-17-12/h1-2,5-7,19H,3-4H2,(H2,15,16,17,18). The van der Waals surface area contributed by atoms with Gasteiger partial charge >= 0.3 is 0 Å². The van der Waals surface area contributed by atoms with E-state index in [0.717, 1.165) is 12.1 Å². The fraction of sp³-hybridized carbons (Fsp3) is 0.167. The molecule has 3 N–H and O–H groups in total. The summed E-state index contributed by atoms with van der Waals surface area (Å²) in [5.74, 6) is -0.883. The lowest BCUT2D eigenvalue weighted by molar-refractivity contribution is 0.311. The maximum absolute atomic E-state index is 13.0. The summed E-state index contributed by atoms with van der Waals surface area (Å²) in [6.45, 7) is 0.345. The number of hydrogen-bond acceptors (Lipinski definition) is 5. The molecule has 1 aromatic heterocycles. The summed E-state index contributed by atoms with van der Waals surface area (Å²) in [6.07, 6.45) is 1.32. The SMILES string of the molecule is OCCNc1cc(Nc2ccc(F)c(F)c2)ncn1. The lowest BCUT2D eigenvalue weighted by atomic mass is 10.3. The summed E-state index contributed by atoms with van der Waals surface area (Å²) in [6, 6.07) is 5.07. The van der Waals surface area contributed by atoms with Crippen molar-refractivity contribution in [2.45, 2.75) is 0 Å². The monoisotopic (exact) mass is 266 g/mol. The van der Waals surface area contributed by atoms with Crippen molar-refractivity contribution in [2.75, 3.05) is 23.8 Å². The van der Waals surface area contributed by atoms with Crippen molar-refractivity contribution in [3.05, 3.63) is 42.2 Å². The zero-order chi connectivity index (χ0) is 13.7. The van der Waals surface area contributed by atoms with E-state index in [9.17, 15) is 8.78 Å². The summed E-state index contributed by atoms with van der Waals surface area (Å²) >= 11 is 0. The van der Waals surface area contributed by atoms with E-state index in [1.807, 2.05) is 0 Å². The van der Waals surface area contributed by atoms with Gasteiger partial charge in [0, 0.05) is 24.4 Å². The van der Waals surface area contributed by atoms with E-state index in [1.165, 1.54) is 12.4 Å². The third-order valence-corrected chi connectivity index (χ3v) is 2.28. The number of rotatable bonds is 5. The Labute approximate surface area is 108 Å². The van der Waals surface area contributed by atoms with Crippen LogP contribution in [0.4, 0.5) is 26.1 Å². The predicted octanol–water partition coefficient (Wildman–Crippen LogP) is 1.90. The fourth-order valence-corrected chi connectivity index (χ4v) is 1.43. The summed E-state index contributed by atoms with van der Waals surface area (Å²) in [7, 11) is 0. The van der Waals surface area contributed by atoms with E-state index in [0.29, 0.717) is 23.9 Å². The van der Waals surface area contributed by atoms with E-state index >= 15 is 0 Å². The van der Waals surface area contributed by atoms with Gasteiger partial charge < -0.3 is 15.7 Å². The first kappa shape index (κ1) is 13.2. The molecule has 0 radical (unpaired) electrons. The highest BCUT2D eigenvalue weighted by molar-refractivity contribution is 5.58. The number of aliphatic hydroxyl groups excluding tert-OH is 1. The number of halogens is 2. The minimum atomic E-state index is -0.933. The molecule has 0 atom stereocenters.